The Balaban J connectivity index is 1.05. The van der Waals surface area contributed by atoms with E-state index in [2.05, 4.69) is 30.8 Å². The first-order valence-electron chi connectivity index (χ1n) is 14.3. The standard InChI is InChI=1S/C30H38ClFN6/c1-33-24-8-6-19(7-9-24)15-34-27-22-10-20-11-23(27)14-30(12-20,13-22)18-37-28-26(32)17-36-29(38-28)35-16-21-4-2-3-5-25(21)31/h2-5,17,19-20,22-24,27,34H,6-16,18H2,(H2,35,36,37,38)/t19?,20?,22-,23+,24?,27?,30?. The topological polar surface area (TPSA) is 66.2 Å². The Kier molecular flexibility index (Phi) is 7.46. The van der Waals surface area contributed by atoms with E-state index in [-0.39, 0.29) is 17.3 Å². The normalized spacial score (nSPS) is 33.6. The van der Waals surface area contributed by atoms with Gasteiger partial charge in [0, 0.05) is 37.0 Å². The third kappa shape index (κ3) is 5.49. The van der Waals surface area contributed by atoms with E-state index in [4.69, 9.17) is 18.2 Å². The maximum atomic E-state index is 14.7. The second kappa shape index (κ2) is 11.0. The summed E-state index contributed by atoms with van der Waals surface area (Å²) in [6, 6.07) is 8.52. The van der Waals surface area contributed by atoms with E-state index >= 15 is 0 Å². The summed E-state index contributed by atoms with van der Waals surface area (Å²) in [5, 5.41) is 11.3. The molecular formula is C30H38ClFN6. The SMILES string of the molecule is [C-]#[N+]C1CCC(CNC2[C@@H]3CC4C[C@H]2CC(CNc2nc(NCc5ccccc5Cl)ncc2F)(C4)C3)CC1. The maximum Gasteiger partial charge on any atom is 0.225 e. The Bertz CT molecular complexity index is 1160. The van der Waals surface area contributed by atoms with Crippen LogP contribution >= 0.6 is 11.6 Å². The van der Waals surface area contributed by atoms with Gasteiger partial charge in [0.1, 0.15) is 0 Å². The average molecular weight is 537 g/mol. The number of hydrogen-bond acceptors (Lipinski definition) is 5. The van der Waals surface area contributed by atoms with Gasteiger partial charge in [-0.05, 0) is 92.2 Å². The lowest BCUT2D eigenvalue weighted by atomic mass is 9.48. The van der Waals surface area contributed by atoms with E-state index in [9.17, 15) is 4.39 Å². The molecule has 4 bridgehead atoms. The van der Waals surface area contributed by atoms with Gasteiger partial charge in [-0.2, -0.15) is 4.98 Å². The van der Waals surface area contributed by atoms with Crippen molar-refractivity contribution in [3.8, 4) is 0 Å². The Morgan fingerprint density at radius 2 is 1.82 bits per heavy atom. The molecule has 3 unspecified atom stereocenters. The number of benzene rings is 1. The highest BCUT2D eigenvalue weighted by Crippen LogP contribution is 2.60. The Hall–Kier alpha value is -2.43. The van der Waals surface area contributed by atoms with Gasteiger partial charge in [-0.25, -0.2) is 15.9 Å². The van der Waals surface area contributed by atoms with Crippen molar-refractivity contribution in [2.24, 2.45) is 29.1 Å². The molecule has 5 fully saturated rings. The van der Waals surface area contributed by atoms with Crippen molar-refractivity contribution in [1.82, 2.24) is 15.3 Å². The van der Waals surface area contributed by atoms with Gasteiger partial charge in [-0.3, -0.25) is 0 Å². The van der Waals surface area contributed by atoms with Crippen LogP contribution in [-0.2, 0) is 6.54 Å². The second-order valence-electron chi connectivity index (χ2n) is 12.4. The molecule has 5 atom stereocenters. The summed E-state index contributed by atoms with van der Waals surface area (Å²) < 4.78 is 14.7. The van der Waals surface area contributed by atoms with Gasteiger partial charge in [0.05, 0.1) is 6.20 Å². The predicted molar refractivity (Wildman–Crippen MR) is 149 cm³/mol. The second-order valence-corrected chi connectivity index (χ2v) is 12.8. The highest BCUT2D eigenvalue weighted by molar-refractivity contribution is 6.31. The molecule has 1 aromatic carbocycles. The molecule has 0 saturated heterocycles. The average Bonchev–Trinajstić information content (AvgIpc) is 2.92. The van der Waals surface area contributed by atoms with E-state index in [1.807, 2.05) is 24.3 Å². The van der Waals surface area contributed by atoms with Gasteiger partial charge in [0.15, 0.2) is 11.6 Å². The molecule has 0 radical (unpaired) electrons. The number of anilines is 2. The van der Waals surface area contributed by atoms with Gasteiger partial charge >= 0.3 is 0 Å². The summed E-state index contributed by atoms with van der Waals surface area (Å²) in [5.41, 5.74) is 1.18. The Morgan fingerprint density at radius 1 is 1.05 bits per heavy atom. The smallest absolute Gasteiger partial charge is 0.225 e. The molecule has 0 amide bonds. The summed E-state index contributed by atoms with van der Waals surface area (Å²) in [5.74, 6) is 3.21. The van der Waals surface area contributed by atoms with Gasteiger partial charge in [0.2, 0.25) is 12.0 Å². The first-order valence-corrected chi connectivity index (χ1v) is 14.7. The molecule has 3 N–H and O–H groups in total. The van der Waals surface area contributed by atoms with Crippen molar-refractivity contribution in [3.63, 3.8) is 0 Å². The van der Waals surface area contributed by atoms with Crippen LogP contribution in [0.5, 0.6) is 0 Å². The molecule has 38 heavy (non-hydrogen) atoms. The summed E-state index contributed by atoms with van der Waals surface area (Å²) >= 11 is 6.26. The van der Waals surface area contributed by atoms with Crippen LogP contribution in [0.25, 0.3) is 4.85 Å². The van der Waals surface area contributed by atoms with Crippen LogP contribution in [0.2, 0.25) is 5.02 Å². The van der Waals surface area contributed by atoms with Crippen molar-refractivity contribution >= 4 is 23.4 Å². The molecule has 1 heterocycles. The number of nitrogens with zero attached hydrogens (tertiary/aromatic N) is 3. The largest absolute Gasteiger partial charge is 0.367 e. The summed E-state index contributed by atoms with van der Waals surface area (Å²) in [6.45, 7) is 9.64. The number of halogens is 2. The molecule has 5 aliphatic rings. The molecule has 202 valence electrons. The van der Waals surface area contributed by atoms with Crippen LogP contribution in [0.3, 0.4) is 0 Å². The van der Waals surface area contributed by atoms with E-state index in [1.54, 1.807) is 0 Å². The fraction of sp³-hybridized carbons (Fsp3) is 0.633. The highest BCUT2D eigenvalue weighted by atomic mass is 35.5. The minimum absolute atomic E-state index is 0.227. The third-order valence-electron chi connectivity index (χ3n) is 9.81. The lowest BCUT2D eigenvalue weighted by molar-refractivity contribution is -0.0702. The van der Waals surface area contributed by atoms with Crippen molar-refractivity contribution in [3.05, 3.63) is 58.3 Å². The number of nitrogens with one attached hydrogen (secondary N) is 3. The summed E-state index contributed by atoms with van der Waals surface area (Å²) in [6.07, 6.45) is 12.1. The molecule has 1 aromatic heterocycles. The lowest BCUT2D eigenvalue weighted by Gasteiger charge is -2.60. The number of hydrogen-bond donors (Lipinski definition) is 3. The molecular weight excluding hydrogens is 499 g/mol. The van der Waals surface area contributed by atoms with Gasteiger partial charge in [0.25, 0.3) is 0 Å². The lowest BCUT2D eigenvalue weighted by Crippen LogP contribution is -2.60. The van der Waals surface area contributed by atoms with Crippen molar-refractivity contribution in [2.75, 3.05) is 23.7 Å². The first-order chi connectivity index (χ1) is 18.5. The molecule has 2 aromatic rings. The fourth-order valence-corrected chi connectivity index (χ4v) is 8.39. The van der Waals surface area contributed by atoms with Crippen molar-refractivity contribution in [1.29, 1.82) is 0 Å². The molecule has 5 aliphatic carbocycles. The summed E-state index contributed by atoms with van der Waals surface area (Å²) in [7, 11) is 0. The van der Waals surface area contributed by atoms with Gasteiger partial charge < -0.3 is 20.8 Å². The van der Waals surface area contributed by atoms with Crippen LogP contribution in [0.4, 0.5) is 16.2 Å². The first kappa shape index (κ1) is 25.8. The van der Waals surface area contributed by atoms with Crippen LogP contribution in [0, 0.1) is 41.5 Å². The molecule has 5 saturated carbocycles. The highest BCUT2D eigenvalue weighted by Gasteiger charge is 2.55. The van der Waals surface area contributed by atoms with Crippen molar-refractivity contribution < 1.29 is 4.39 Å². The monoisotopic (exact) mass is 536 g/mol. The third-order valence-corrected chi connectivity index (χ3v) is 10.2. The molecule has 0 aliphatic heterocycles. The number of rotatable bonds is 9. The van der Waals surface area contributed by atoms with Crippen LogP contribution in [0.15, 0.2) is 30.5 Å². The van der Waals surface area contributed by atoms with Gasteiger partial charge in [-0.1, -0.05) is 29.8 Å². The maximum absolute atomic E-state index is 14.7. The van der Waals surface area contributed by atoms with E-state index in [1.165, 1.54) is 51.1 Å². The zero-order valence-corrected chi connectivity index (χ0v) is 22.7. The summed E-state index contributed by atoms with van der Waals surface area (Å²) in [4.78, 5) is 12.4. The zero-order chi connectivity index (χ0) is 26.1. The molecule has 0 spiro atoms. The molecule has 7 rings (SSSR count). The fourth-order valence-electron chi connectivity index (χ4n) is 8.19. The quantitative estimate of drug-likeness (QED) is 0.317. The zero-order valence-electron chi connectivity index (χ0n) is 21.9. The van der Waals surface area contributed by atoms with Crippen LogP contribution in [0.1, 0.15) is 63.4 Å². The van der Waals surface area contributed by atoms with E-state index < -0.39 is 5.82 Å². The van der Waals surface area contributed by atoms with Crippen molar-refractivity contribution in [2.45, 2.75) is 76.4 Å². The van der Waals surface area contributed by atoms with Gasteiger partial charge in [-0.15, -0.1) is 0 Å². The van der Waals surface area contributed by atoms with Crippen LogP contribution in [-0.4, -0.2) is 35.1 Å². The molecule has 8 heteroatoms. The number of aromatic nitrogens is 2. The van der Waals surface area contributed by atoms with E-state index in [0.717, 1.165) is 43.3 Å². The Morgan fingerprint density at radius 3 is 2.55 bits per heavy atom. The molecule has 6 nitrogen and oxygen atoms in total. The minimum Gasteiger partial charge on any atom is -0.367 e. The predicted octanol–water partition coefficient (Wildman–Crippen LogP) is 6.56. The minimum atomic E-state index is -0.412. The Labute approximate surface area is 230 Å². The van der Waals surface area contributed by atoms with E-state index in [0.29, 0.717) is 35.4 Å². The van der Waals surface area contributed by atoms with Crippen LogP contribution < -0.4 is 16.0 Å².